The third-order valence-electron chi connectivity index (χ3n) is 2.89. The fourth-order valence-corrected chi connectivity index (χ4v) is 1.65. The van der Waals surface area contributed by atoms with Crippen LogP contribution in [0.5, 0.6) is 0 Å². The molecule has 0 fully saturated rings. The number of rotatable bonds is 6. The second kappa shape index (κ2) is 6.82. The minimum Gasteiger partial charge on any atom is -0.481 e. The maximum Gasteiger partial charge on any atom is 0.317 e. The van der Waals surface area contributed by atoms with E-state index in [-0.39, 0.29) is 18.6 Å². The van der Waals surface area contributed by atoms with E-state index in [0.717, 1.165) is 0 Å². The minimum absolute atomic E-state index is 0.183. The zero-order chi connectivity index (χ0) is 14.4. The van der Waals surface area contributed by atoms with Crippen molar-refractivity contribution in [3.8, 4) is 0 Å². The van der Waals surface area contributed by atoms with Gasteiger partial charge in [-0.05, 0) is 26.0 Å². The van der Waals surface area contributed by atoms with Crippen molar-refractivity contribution >= 4 is 12.0 Å². The number of nitrogens with one attached hydrogen (secondary N) is 1. The molecule has 2 unspecified atom stereocenters. The molecule has 0 aliphatic heterocycles. The maximum atomic E-state index is 12.0. The summed E-state index contributed by atoms with van der Waals surface area (Å²) >= 11 is 0. The molecule has 106 valence electrons. The van der Waals surface area contributed by atoms with E-state index in [1.54, 1.807) is 25.3 Å². The van der Waals surface area contributed by atoms with Gasteiger partial charge in [0.25, 0.3) is 0 Å². The lowest BCUT2D eigenvalue weighted by molar-refractivity contribution is -0.141. The average molecular weight is 268 g/mol. The van der Waals surface area contributed by atoms with Crippen LogP contribution in [0, 0.1) is 5.92 Å². The summed E-state index contributed by atoms with van der Waals surface area (Å²) in [6.07, 6.45) is 1.54. The smallest absolute Gasteiger partial charge is 0.317 e. The summed E-state index contributed by atoms with van der Waals surface area (Å²) < 4.78 is 5.20. The lowest BCUT2D eigenvalue weighted by Crippen LogP contribution is -2.43. The average Bonchev–Trinajstić information content (AvgIpc) is 2.88. The van der Waals surface area contributed by atoms with Gasteiger partial charge in [-0.25, -0.2) is 4.79 Å². The molecule has 6 nitrogen and oxygen atoms in total. The van der Waals surface area contributed by atoms with Gasteiger partial charge < -0.3 is 19.7 Å². The first-order chi connectivity index (χ1) is 8.95. The molecule has 0 aliphatic carbocycles. The topological polar surface area (TPSA) is 82.8 Å². The lowest BCUT2D eigenvalue weighted by Gasteiger charge is -2.24. The highest BCUT2D eigenvalue weighted by molar-refractivity contribution is 5.76. The molecule has 0 aliphatic rings. The van der Waals surface area contributed by atoms with E-state index in [0.29, 0.717) is 12.3 Å². The van der Waals surface area contributed by atoms with Gasteiger partial charge in [0.05, 0.1) is 18.2 Å². The Labute approximate surface area is 112 Å². The van der Waals surface area contributed by atoms with E-state index < -0.39 is 11.9 Å². The van der Waals surface area contributed by atoms with Crippen molar-refractivity contribution in [2.24, 2.45) is 5.92 Å². The molecule has 0 radical (unpaired) electrons. The molecule has 1 heterocycles. The Hall–Kier alpha value is -1.98. The van der Waals surface area contributed by atoms with Gasteiger partial charge in [-0.2, -0.15) is 0 Å². The van der Waals surface area contributed by atoms with E-state index in [9.17, 15) is 9.59 Å². The van der Waals surface area contributed by atoms with E-state index in [4.69, 9.17) is 9.52 Å². The molecule has 1 rings (SSSR count). The van der Waals surface area contributed by atoms with Gasteiger partial charge in [0.1, 0.15) is 5.76 Å². The first-order valence-corrected chi connectivity index (χ1v) is 6.27. The summed E-state index contributed by atoms with van der Waals surface area (Å²) in [4.78, 5) is 24.3. The van der Waals surface area contributed by atoms with Crippen LogP contribution >= 0.6 is 0 Å². The van der Waals surface area contributed by atoms with E-state index in [1.807, 2.05) is 13.8 Å². The molecule has 1 aromatic rings. The molecule has 0 saturated heterocycles. The summed E-state index contributed by atoms with van der Waals surface area (Å²) in [5.41, 5.74) is 0. The van der Waals surface area contributed by atoms with Gasteiger partial charge in [-0.15, -0.1) is 0 Å². The van der Waals surface area contributed by atoms with E-state index in [2.05, 4.69) is 5.32 Å². The van der Waals surface area contributed by atoms with Crippen LogP contribution in [0.2, 0.25) is 0 Å². The van der Waals surface area contributed by atoms with Gasteiger partial charge in [-0.3, -0.25) is 4.79 Å². The van der Waals surface area contributed by atoms with Crippen molar-refractivity contribution in [1.82, 2.24) is 10.2 Å². The Balaban J connectivity index is 2.56. The number of carboxylic acids is 1. The molecule has 6 heteroatoms. The van der Waals surface area contributed by atoms with Gasteiger partial charge in [-0.1, -0.05) is 6.92 Å². The zero-order valence-electron chi connectivity index (χ0n) is 11.4. The molecular formula is C13H20N2O4. The quantitative estimate of drug-likeness (QED) is 0.827. The first-order valence-electron chi connectivity index (χ1n) is 6.27. The number of aliphatic carboxylic acids is 1. The molecule has 2 atom stereocenters. The third-order valence-corrected chi connectivity index (χ3v) is 2.89. The van der Waals surface area contributed by atoms with Crippen LogP contribution in [0.25, 0.3) is 0 Å². The number of carbonyl (C=O) groups is 2. The van der Waals surface area contributed by atoms with E-state index in [1.165, 1.54) is 4.90 Å². The Morgan fingerprint density at radius 1 is 1.47 bits per heavy atom. The SMILES string of the molecule is CCN(CC(C)C(=O)O)C(=O)NC(C)c1ccco1. The molecule has 0 spiro atoms. The molecule has 1 aromatic heterocycles. The summed E-state index contributed by atoms with van der Waals surface area (Å²) in [6.45, 7) is 5.84. The Morgan fingerprint density at radius 3 is 2.63 bits per heavy atom. The Morgan fingerprint density at radius 2 is 2.16 bits per heavy atom. The van der Waals surface area contributed by atoms with Crippen LogP contribution in [0.3, 0.4) is 0 Å². The summed E-state index contributed by atoms with van der Waals surface area (Å²) in [5, 5.41) is 11.6. The standard InChI is InChI=1S/C13H20N2O4/c1-4-15(8-9(2)12(16)17)13(18)14-10(3)11-6-5-7-19-11/h5-7,9-10H,4,8H2,1-3H3,(H,14,18)(H,16,17). The largest absolute Gasteiger partial charge is 0.481 e. The minimum atomic E-state index is -0.912. The molecule has 0 aromatic carbocycles. The number of carbonyl (C=O) groups excluding carboxylic acids is 1. The van der Waals surface area contributed by atoms with Crippen LogP contribution in [0.4, 0.5) is 4.79 Å². The normalized spacial score (nSPS) is 13.6. The summed E-state index contributed by atoms with van der Waals surface area (Å²) in [7, 11) is 0. The molecule has 19 heavy (non-hydrogen) atoms. The van der Waals surface area contributed by atoms with Crippen molar-refractivity contribution in [2.75, 3.05) is 13.1 Å². The monoisotopic (exact) mass is 268 g/mol. The fourth-order valence-electron chi connectivity index (χ4n) is 1.65. The predicted molar refractivity (Wildman–Crippen MR) is 69.7 cm³/mol. The van der Waals surface area contributed by atoms with Gasteiger partial charge in [0.15, 0.2) is 0 Å². The van der Waals surface area contributed by atoms with Gasteiger partial charge in [0.2, 0.25) is 0 Å². The number of urea groups is 1. The number of hydrogen-bond donors (Lipinski definition) is 2. The molecule has 2 N–H and O–H groups in total. The van der Waals surface area contributed by atoms with Crippen molar-refractivity contribution in [2.45, 2.75) is 26.8 Å². The Bertz CT molecular complexity index is 416. The second-order valence-corrected chi connectivity index (χ2v) is 4.46. The second-order valence-electron chi connectivity index (χ2n) is 4.46. The molecule has 0 bridgehead atoms. The maximum absolute atomic E-state index is 12.0. The lowest BCUT2D eigenvalue weighted by atomic mass is 10.2. The van der Waals surface area contributed by atoms with Crippen LogP contribution in [-0.4, -0.2) is 35.1 Å². The van der Waals surface area contributed by atoms with Crippen molar-refractivity contribution in [3.05, 3.63) is 24.2 Å². The van der Waals surface area contributed by atoms with Crippen LogP contribution in [0.15, 0.2) is 22.8 Å². The van der Waals surface area contributed by atoms with Gasteiger partial charge >= 0.3 is 12.0 Å². The highest BCUT2D eigenvalue weighted by atomic mass is 16.4. The predicted octanol–water partition coefficient (Wildman–Crippen LogP) is 2.09. The van der Waals surface area contributed by atoms with Crippen LogP contribution in [-0.2, 0) is 4.79 Å². The molecule has 2 amide bonds. The molecular weight excluding hydrogens is 248 g/mol. The summed E-state index contributed by atoms with van der Waals surface area (Å²) in [6, 6.07) is 2.99. The van der Waals surface area contributed by atoms with Crippen molar-refractivity contribution in [3.63, 3.8) is 0 Å². The third kappa shape index (κ3) is 4.31. The van der Waals surface area contributed by atoms with E-state index >= 15 is 0 Å². The molecule has 0 saturated carbocycles. The number of carboxylic acid groups (broad SMARTS) is 1. The van der Waals surface area contributed by atoms with Gasteiger partial charge in [0, 0.05) is 13.1 Å². The number of hydrogen-bond acceptors (Lipinski definition) is 3. The fraction of sp³-hybridized carbons (Fsp3) is 0.538. The first kappa shape index (κ1) is 15.1. The van der Waals surface area contributed by atoms with Crippen molar-refractivity contribution < 1.29 is 19.1 Å². The highest BCUT2D eigenvalue weighted by Gasteiger charge is 2.21. The number of nitrogens with zero attached hydrogens (tertiary/aromatic N) is 1. The van der Waals surface area contributed by atoms with Crippen LogP contribution < -0.4 is 5.32 Å². The zero-order valence-corrected chi connectivity index (χ0v) is 11.4. The number of amides is 2. The number of furan rings is 1. The van der Waals surface area contributed by atoms with Crippen LogP contribution in [0.1, 0.15) is 32.6 Å². The highest BCUT2D eigenvalue weighted by Crippen LogP contribution is 2.13. The summed E-state index contributed by atoms with van der Waals surface area (Å²) in [5.74, 6) is -0.842. The Kier molecular flexibility index (Phi) is 5.41. The van der Waals surface area contributed by atoms with Crippen molar-refractivity contribution in [1.29, 1.82) is 0 Å².